The monoisotopic (exact) mass is 307 g/mol. The van der Waals surface area contributed by atoms with Gasteiger partial charge in [0.05, 0.1) is 5.69 Å². The molecule has 0 fully saturated rings. The van der Waals surface area contributed by atoms with Gasteiger partial charge in [-0.1, -0.05) is 38.2 Å². The van der Waals surface area contributed by atoms with Crippen LogP contribution in [-0.2, 0) is 4.79 Å². The van der Waals surface area contributed by atoms with Crippen LogP contribution in [-0.4, -0.2) is 35.4 Å². The molecule has 0 aliphatic carbocycles. The Kier molecular flexibility index (Phi) is 7.93. The number of benzene rings is 1. The van der Waals surface area contributed by atoms with Crippen molar-refractivity contribution in [2.45, 2.75) is 33.1 Å². The molecule has 21 heavy (non-hydrogen) atoms. The van der Waals surface area contributed by atoms with Crippen LogP contribution < -0.4 is 11.1 Å². The summed E-state index contributed by atoms with van der Waals surface area (Å²) in [6.07, 6.45) is 2.50. The zero-order valence-electron chi connectivity index (χ0n) is 12.9. The molecule has 0 aliphatic rings. The first-order valence-corrected chi connectivity index (χ1v) is 7.90. The Morgan fingerprint density at radius 3 is 2.62 bits per heavy atom. The molecule has 0 radical (unpaired) electrons. The van der Waals surface area contributed by atoms with Crippen molar-refractivity contribution >= 4 is 28.8 Å². The van der Waals surface area contributed by atoms with Crippen LogP contribution in [0, 0.1) is 0 Å². The molecule has 3 N–H and O–H groups in total. The second-order valence-electron chi connectivity index (χ2n) is 5.00. The Balaban J connectivity index is 2.46. The number of rotatable bonds is 9. The zero-order valence-corrected chi connectivity index (χ0v) is 13.7. The van der Waals surface area contributed by atoms with Crippen molar-refractivity contribution in [1.82, 2.24) is 4.90 Å². The van der Waals surface area contributed by atoms with E-state index in [0.29, 0.717) is 22.7 Å². The molecule has 1 aromatic rings. The molecule has 0 atom stereocenters. The molecule has 1 rings (SSSR count). The highest BCUT2D eigenvalue weighted by atomic mass is 32.1. The Hall–Kier alpha value is -1.46. The number of hydrogen-bond donors (Lipinski definition) is 2. The molecule has 1 aromatic carbocycles. The Morgan fingerprint density at radius 2 is 2.00 bits per heavy atom. The van der Waals surface area contributed by atoms with Gasteiger partial charge in [-0.15, -0.1) is 0 Å². The summed E-state index contributed by atoms with van der Waals surface area (Å²) in [5.74, 6) is 0.00579. The fourth-order valence-corrected chi connectivity index (χ4v) is 2.41. The smallest absolute Gasteiger partial charge is 0.224 e. The predicted molar refractivity (Wildman–Crippen MR) is 92.6 cm³/mol. The fraction of sp³-hybridized carbons (Fsp3) is 0.500. The number of thiocarbonyl (C=S) groups is 1. The second-order valence-corrected chi connectivity index (χ2v) is 5.44. The topological polar surface area (TPSA) is 58.4 Å². The van der Waals surface area contributed by atoms with Gasteiger partial charge < -0.3 is 16.0 Å². The number of para-hydroxylation sites is 1. The van der Waals surface area contributed by atoms with E-state index in [-0.39, 0.29) is 5.91 Å². The van der Waals surface area contributed by atoms with Gasteiger partial charge in [-0.2, -0.15) is 0 Å². The molecule has 0 unspecified atom stereocenters. The van der Waals surface area contributed by atoms with Gasteiger partial charge in [-0.25, -0.2) is 0 Å². The number of anilines is 1. The summed E-state index contributed by atoms with van der Waals surface area (Å²) in [7, 11) is 0. The van der Waals surface area contributed by atoms with Gasteiger partial charge in [0, 0.05) is 12.0 Å². The number of amides is 1. The van der Waals surface area contributed by atoms with Crippen LogP contribution >= 0.6 is 12.2 Å². The number of carbonyl (C=O) groups is 1. The maximum atomic E-state index is 12.0. The van der Waals surface area contributed by atoms with E-state index < -0.39 is 0 Å². The number of nitrogens with one attached hydrogen (secondary N) is 1. The summed E-state index contributed by atoms with van der Waals surface area (Å²) >= 11 is 4.99. The standard InChI is InChI=1S/C16H25N3OS/c1-3-11-19(4-2)12-7-10-15(20)18-14-9-6-5-8-13(14)16(17)21/h5-6,8-9H,3-4,7,10-12H2,1-2H3,(H2,17,21)(H,18,20). The third-order valence-corrected chi connectivity index (χ3v) is 3.55. The molecule has 116 valence electrons. The highest BCUT2D eigenvalue weighted by Gasteiger charge is 2.09. The normalized spacial score (nSPS) is 10.6. The molecule has 4 nitrogen and oxygen atoms in total. The van der Waals surface area contributed by atoms with E-state index in [9.17, 15) is 4.79 Å². The van der Waals surface area contributed by atoms with Crippen LogP contribution in [0.2, 0.25) is 0 Å². The van der Waals surface area contributed by atoms with Gasteiger partial charge in [0.1, 0.15) is 4.99 Å². The summed E-state index contributed by atoms with van der Waals surface area (Å²) in [6, 6.07) is 7.35. The number of hydrogen-bond acceptors (Lipinski definition) is 3. The van der Waals surface area contributed by atoms with Gasteiger partial charge in [-0.05, 0) is 44.6 Å². The first-order chi connectivity index (χ1) is 10.1. The van der Waals surface area contributed by atoms with E-state index in [4.69, 9.17) is 18.0 Å². The maximum Gasteiger partial charge on any atom is 0.224 e. The lowest BCUT2D eigenvalue weighted by molar-refractivity contribution is -0.116. The van der Waals surface area contributed by atoms with E-state index in [2.05, 4.69) is 24.1 Å². The average molecular weight is 307 g/mol. The van der Waals surface area contributed by atoms with Crippen molar-refractivity contribution < 1.29 is 4.79 Å². The average Bonchev–Trinajstić information content (AvgIpc) is 2.46. The molecule has 0 aromatic heterocycles. The van der Waals surface area contributed by atoms with Crippen LogP contribution in [0.4, 0.5) is 5.69 Å². The van der Waals surface area contributed by atoms with E-state index >= 15 is 0 Å². The minimum Gasteiger partial charge on any atom is -0.389 e. The third-order valence-electron chi connectivity index (χ3n) is 3.33. The minimum atomic E-state index is 0.00579. The van der Waals surface area contributed by atoms with Crippen LogP contribution in [0.25, 0.3) is 0 Å². The lowest BCUT2D eigenvalue weighted by atomic mass is 10.1. The van der Waals surface area contributed by atoms with Gasteiger partial charge in [0.2, 0.25) is 5.91 Å². The van der Waals surface area contributed by atoms with Crippen molar-refractivity contribution in [2.24, 2.45) is 5.73 Å². The summed E-state index contributed by atoms with van der Waals surface area (Å²) in [6.45, 7) is 7.38. The van der Waals surface area contributed by atoms with Crippen molar-refractivity contribution in [1.29, 1.82) is 0 Å². The highest BCUT2D eigenvalue weighted by molar-refractivity contribution is 7.80. The van der Waals surface area contributed by atoms with Crippen molar-refractivity contribution in [3.8, 4) is 0 Å². The van der Waals surface area contributed by atoms with Crippen LogP contribution in [0.15, 0.2) is 24.3 Å². The lowest BCUT2D eigenvalue weighted by Crippen LogP contribution is -2.26. The van der Waals surface area contributed by atoms with E-state index in [1.807, 2.05) is 24.3 Å². The zero-order chi connectivity index (χ0) is 15.7. The maximum absolute atomic E-state index is 12.0. The summed E-state index contributed by atoms with van der Waals surface area (Å²) in [5, 5.41) is 2.89. The van der Waals surface area contributed by atoms with Crippen molar-refractivity contribution in [3.63, 3.8) is 0 Å². The Labute approximate surface area is 132 Å². The van der Waals surface area contributed by atoms with E-state index in [0.717, 1.165) is 32.5 Å². The number of nitrogens with two attached hydrogens (primary N) is 1. The second kappa shape index (κ2) is 9.47. The van der Waals surface area contributed by atoms with Crippen molar-refractivity contribution in [2.75, 3.05) is 25.0 Å². The minimum absolute atomic E-state index is 0.00579. The molecule has 0 bridgehead atoms. The molecule has 0 aliphatic heterocycles. The largest absolute Gasteiger partial charge is 0.389 e. The molecular formula is C16H25N3OS. The lowest BCUT2D eigenvalue weighted by Gasteiger charge is -2.19. The molecule has 0 heterocycles. The molecular weight excluding hydrogens is 282 g/mol. The summed E-state index contributed by atoms with van der Waals surface area (Å²) < 4.78 is 0. The van der Waals surface area contributed by atoms with Gasteiger partial charge in [0.25, 0.3) is 0 Å². The predicted octanol–water partition coefficient (Wildman–Crippen LogP) is 2.77. The van der Waals surface area contributed by atoms with Gasteiger partial charge in [-0.3, -0.25) is 4.79 Å². The summed E-state index contributed by atoms with van der Waals surface area (Å²) in [5.41, 5.74) is 7.06. The molecule has 0 saturated carbocycles. The quantitative estimate of drug-likeness (QED) is 0.689. The third kappa shape index (κ3) is 6.23. The summed E-state index contributed by atoms with van der Waals surface area (Å²) in [4.78, 5) is 14.7. The van der Waals surface area contributed by atoms with Gasteiger partial charge in [0.15, 0.2) is 0 Å². The van der Waals surface area contributed by atoms with Crippen LogP contribution in [0.5, 0.6) is 0 Å². The van der Waals surface area contributed by atoms with E-state index in [1.54, 1.807) is 0 Å². The Bertz CT molecular complexity index is 476. The molecule has 1 amide bonds. The molecule has 0 saturated heterocycles. The molecule has 0 spiro atoms. The van der Waals surface area contributed by atoms with E-state index in [1.165, 1.54) is 0 Å². The highest BCUT2D eigenvalue weighted by Crippen LogP contribution is 2.15. The number of carbonyl (C=O) groups excluding carboxylic acids is 1. The molecule has 5 heteroatoms. The van der Waals surface area contributed by atoms with Crippen LogP contribution in [0.3, 0.4) is 0 Å². The first-order valence-electron chi connectivity index (χ1n) is 7.49. The number of nitrogens with zero attached hydrogens (tertiary/aromatic N) is 1. The Morgan fingerprint density at radius 1 is 1.29 bits per heavy atom. The fourth-order valence-electron chi connectivity index (χ4n) is 2.23. The van der Waals surface area contributed by atoms with Crippen molar-refractivity contribution in [3.05, 3.63) is 29.8 Å². The van der Waals surface area contributed by atoms with Crippen LogP contribution in [0.1, 0.15) is 38.7 Å². The SMILES string of the molecule is CCCN(CC)CCCC(=O)Nc1ccccc1C(N)=S. The first kappa shape index (κ1) is 17.6. The van der Waals surface area contributed by atoms with Gasteiger partial charge >= 0.3 is 0 Å².